The maximum Gasteiger partial charge on any atom is 0.282 e. The highest BCUT2D eigenvalue weighted by atomic mass is 19.3. The summed E-state index contributed by atoms with van der Waals surface area (Å²) in [5, 5.41) is 3.62. The van der Waals surface area contributed by atoms with Crippen LogP contribution in [0.2, 0.25) is 0 Å². The number of nitrogens with zero attached hydrogens (tertiary/aromatic N) is 2. The standard InChI is InChI=1S/C7H11F2N3/c1-4(10)6-3-5(7(8)9)11-12(6)2/h3-4,7H,10H2,1-2H3/t4-/m0/s1. The van der Waals surface area contributed by atoms with Crippen molar-refractivity contribution in [1.29, 1.82) is 0 Å². The van der Waals surface area contributed by atoms with Crippen molar-refractivity contribution < 1.29 is 8.78 Å². The largest absolute Gasteiger partial charge is 0.323 e. The molecule has 2 N–H and O–H groups in total. The highest BCUT2D eigenvalue weighted by molar-refractivity contribution is 5.13. The van der Waals surface area contributed by atoms with Crippen molar-refractivity contribution >= 4 is 0 Å². The normalized spacial score (nSPS) is 13.8. The molecule has 0 aromatic carbocycles. The van der Waals surface area contributed by atoms with E-state index in [0.29, 0.717) is 5.69 Å². The smallest absolute Gasteiger partial charge is 0.282 e. The first-order valence-corrected chi connectivity index (χ1v) is 3.60. The van der Waals surface area contributed by atoms with Gasteiger partial charge in [0.05, 0.1) is 5.69 Å². The maximum absolute atomic E-state index is 12.1. The molecule has 0 amide bonds. The fraction of sp³-hybridized carbons (Fsp3) is 0.571. The van der Waals surface area contributed by atoms with Crippen molar-refractivity contribution in [1.82, 2.24) is 9.78 Å². The van der Waals surface area contributed by atoms with Crippen LogP contribution in [0.5, 0.6) is 0 Å². The molecule has 1 rings (SSSR count). The van der Waals surface area contributed by atoms with E-state index in [1.807, 2.05) is 0 Å². The fourth-order valence-corrected chi connectivity index (χ4v) is 1.04. The molecule has 1 aromatic rings. The Bertz CT molecular complexity index is 268. The lowest BCUT2D eigenvalue weighted by Gasteiger charge is -2.03. The quantitative estimate of drug-likeness (QED) is 0.737. The molecule has 1 atom stereocenters. The Labute approximate surface area is 69.2 Å². The average Bonchev–Trinajstić information content (AvgIpc) is 2.30. The molecule has 1 heterocycles. The zero-order valence-corrected chi connectivity index (χ0v) is 6.96. The second-order valence-corrected chi connectivity index (χ2v) is 2.71. The van der Waals surface area contributed by atoms with Crippen LogP contribution in [0.1, 0.15) is 30.8 Å². The van der Waals surface area contributed by atoms with Gasteiger partial charge in [0.25, 0.3) is 6.43 Å². The Morgan fingerprint density at radius 3 is 2.42 bits per heavy atom. The molecule has 12 heavy (non-hydrogen) atoms. The van der Waals surface area contributed by atoms with Crippen molar-refractivity contribution in [3.63, 3.8) is 0 Å². The van der Waals surface area contributed by atoms with E-state index in [0.717, 1.165) is 0 Å². The van der Waals surface area contributed by atoms with Crippen LogP contribution < -0.4 is 5.73 Å². The summed E-state index contributed by atoms with van der Waals surface area (Å²) >= 11 is 0. The minimum Gasteiger partial charge on any atom is -0.323 e. The molecular weight excluding hydrogens is 164 g/mol. The summed E-state index contributed by atoms with van der Waals surface area (Å²) in [5.74, 6) is 0. The van der Waals surface area contributed by atoms with Crippen molar-refractivity contribution in [2.45, 2.75) is 19.4 Å². The van der Waals surface area contributed by atoms with Crippen LogP contribution >= 0.6 is 0 Å². The molecule has 0 aliphatic heterocycles. The van der Waals surface area contributed by atoms with Gasteiger partial charge in [0.2, 0.25) is 0 Å². The van der Waals surface area contributed by atoms with E-state index in [4.69, 9.17) is 5.73 Å². The van der Waals surface area contributed by atoms with E-state index in [2.05, 4.69) is 5.10 Å². The maximum atomic E-state index is 12.1. The lowest BCUT2D eigenvalue weighted by Crippen LogP contribution is -2.10. The van der Waals surface area contributed by atoms with Crippen molar-refractivity contribution in [3.8, 4) is 0 Å². The van der Waals surface area contributed by atoms with Crippen molar-refractivity contribution in [2.24, 2.45) is 12.8 Å². The van der Waals surface area contributed by atoms with Gasteiger partial charge in [-0.05, 0) is 13.0 Å². The topological polar surface area (TPSA) is 43.8 Å². The van der Waals surface area contributed by atoms with E-state index >= 15 is 0 Å². The number of aromatic nitrogens is 2. The summed E-state index contributed by atoms with van der Waals surface area (Å²) in [6.07, 6.45) is -2.52. The molecule has 0 radical (unpaired) electrons. The average molecular weight is 175 g/mol. The summed E-state index contributed by atoms with van der Waals surface area (Å²) in [7, 11) is 1.60. The summed E-state index contributed by atoms with van der Waals surface area (Å²) in [5.41, 5.74) is 5.92. The third-order valence-electron chi connectivity index (χ3n) is 1.63. The summed E-state index contributed by atoms with van der Waals surface area (Å²) < 4.78 is 25.6. The van der Waals surface area contributed by atoms with E-state index < -0.39 is 6.43 Å². The second-order valence-electron chi connectivity index (χ2n) is 2.71. The van der Waals surface area contributed by atoms with Crippen LogP contribution in [-0.4, -0.2) is 9.78 Å². The van der Waals surface area contributed by atoms with Gasteiger partial charge in [-0.2, -0.15) is 5.10 Å². The Kier molecular flexibility index (Phi) is 2.42. The van der Waals surface area contributed by atoms with E-state index in [1.165, 1.54) is 10.7 Å². The van der Waals surface area contributed by atoms with Crippen LogP contribution in [0, 0.1) is 0 Å². The number of hydrogen-bond acceptors (Lipinski definition) is 2. The van der Waals surface area contributed by atoms with E-state index in [9.17, 15) is 8.78 Å². The molecule has 0 saturated heterocycles. The predicted octanol–water partition coefficient (Wildman–Crippen LogP) is 1.38. The van der Waals surface area contributed by atoms with Crippen LogP contribution in [0.15, 0.2) is 6.07 Å². The zero-order chi connectivity index (χ0) is 9.30. The lowest BCUT2D eigenvalue weighted by molar-refractivity contribution is 0.145. The minimum atomic E-state index is -2.52. The first-order chi connectivity index (χ1) is 5.52. The first kappa shape index (κ1) is 9.12. The van der Waals surface area contributed by atoms with Gasteiger partial charge in [-0.15, -0.1) is 0 Å². The summed E-state index contributed by atoms with van der Waals surface area (Å²) in [6.45, 7) is 1.73. The van der Waals surface area contributed by atoms with Crippen LogP contribution in [0.3, 0.4) is 0 Å². The van der Waals surface area contributed by atoms with Gasteiger partial charge in [0, 0.05) is 13.1 Å². The SMILES string of the molecule is C[C@H](N)c1cc(C(F)F)nn1C. The predicted molar refractivity (Wildman–Crippen MR) is 40.8 cm³/mol. The number of halogens is 2. The zero-order valence-electron chi connectivity index (χ0n) is 6.96. The van der Waals surface area contributed by atoms with Gasteiger partial charge in [-0.3, -0.25) is 4.68 Å². The van der Waals surface area contributed by atoms with Crippen LogP contribution in [0.25, 0.3) is 0 Å². The highest BCUT2D eigenvalue weighted by Crippen LogP contribution is 2.19. The van der Waals surface area contributed by atoms with E-state index in [-0.39, 0.29) is 11.7 Å². The fourth-order valence-electron chi connectivity index (χ4n) is 1.04. The van der Waals surface area contributed by atoms with Crippen molar-refractivity contribution in [2.75, 3.05) is 0 Å². The van der Waals surface area contributed by atoms with Crippen LogP contribution in [-0.2, 0) is 7.05 Å². The van der Waals surface area contributed by atoms with Gasteiger partial charge in [0.15, 0.2) is 0 Å². The third kappa shape index (κ3) is 1.61. The van der Waals surface area contributed by atoms with Gasteiger partial charge in [-0.1, -0.05) is 0 Å². The Morgan fingerprint density at radius 1 is 1.58 bits per heavy atom. The molecule has 5 heteroatoms. The Hall–Kier alpha value is -0.970. The summed E-state index contributed by atoms with van der Waals surface area (Å²) in [6, 6.07) is 1.06. The third-order valence-corrected chi connectivity index (χ3v) is 1.63. The molecule has 0 aliphatic rings. The molecule has 0 unspecified atom stereocenters. The lowest BCUT2D eigenvalue weighted by atomic mass is 10.2. The number of nitrogens with two attached hydrogens (primary N) is 1. The number of hydrogen-bond donors (Lipinski definition) is 1. The minimum absolute atomic E-state index is 0.218. The van der Waals surface area contributed by atoms with Crippen LogP contribution in [0.4, 0.5) is 8.78 Å². The molecule has 0 saturated carbocycles. The number of alkyl halides is 2. The molecular formula is C7H11F2N3. The molecule has 3 nitrogen and oxygen atoms in total. The molecule has 1 aromatic heterocycles. The monoisotopic (exact) mass is 175 g/mol. The van der Waals surface area contributed by atoms with Gasteiger partial charge >= 0.3 is 0 Å². The van der Waals surface area contributed by atoms with Crippen molar-refractivity contribution in [3.05, 3.63) is 17.5 Å². The molecule has 0 fully saturated rings. The number of rotatable bonds is 2. The number of aryl methyl sites for hydroxylation is 1. The molecule has 0 bridgehead atoms. The molecule has 68 valence electrons. The molecule has 0 spiro atoms. The van der Waals surface area contributed by atoms with E-state index in [1.54, 1.807) is 14.0 Å². The summed E-state index contributed by atoms with van der Waals surface area (Å²) in [4.78, 5) is 0. The Balaban J connectivity index is 3.00. The van der Waals surface area contributed by atoms with Gasteiger partial charge in [0.1, 0.15) is 5.69 Å². The second kappa shape index (κ2) is 3.18. The highest BCUT2D eigenvalue weighted by Gasteiger charge is 2.15. The van der Waals surface area contributed by atoms with Gasteiger partial charge < -0.3 is 5.73 Å². The Morgan fingerprint density at radius 2 is 2.17 bits per heavy atom. The first-order valence-electron chi connectivity index (χ1n) is 3.60. The van der Waals surface area contributed by atoms with Gasteiger partial charge in [-0.25, -0.2) is 8.78 Å². The molecule has 0 aliphatic carbocycles.